The Labute approximate surface area is 140 Å². The number of hydrogen-bond acceptors (Lipinski definition) is 4. The van der Waals surface area contributed by atoms with Gasteiger partial charge in [-0.05, 0) is 36.1 Å². The van der Waals surface area contributed by atoms with Crippen LogP contribution in [0.3, 0.4) is 0 Å². The van der Waals surface area contributed by atoms with E-state index < -0.39 is 11.8 Å². The molecule has 126 valence electrons. The second-order valence-corrected chi connectivity index (χ2v) is 5.67. The first-order valence-electron chi connectivity index (χ1n) is 7.72. The molecule has 2 aromatic rings. The van der Waals surface area contributed by atoms with E-state index in [9.17, 15) is 9.59 Å². The van der Waals surface area contributed by atoms with Crippen molar-refractivity contribution in [1.82, 2.24) is 10.7 Å². The molecule has 0 radical (unpaired) electrons. The molecule has 0 fully saturated rings. The maximum Gasteiger partial charge on any atom is 0.287 e. The van der Waals surface area contributed by atoms with Gasteiger partial charge in [-0.3, -0.25) is 9.59 Å². The van der Waals surface area contributed by atoms with Gasteiger partial charge in [0.15, 0.2) is 5.76 Å². The van der Waals surface area contributed by atoms with Gasteiger partial charge in [0.2, 0.25) is 0 Å². The highest BCUT2D eigenvalue weighted by Crippen LogP contribution is 2.14. The minimum Gasteiger partial charge on any atom is -0.459 e. The van der Waals surface area contributed by atoms with E-state index in [2.05, 4.69) is 29.7 Å². The lowest BCUT2D eigenvalue weighted by molar-refractivity contribution is -0.120. The molecule has 1 heterocycles. The van der Waals surface area contributed by atoms with Crippen LogP contribution in [0.5, 0.6) is 0 Å². The van der Waals surface area contributed by atoms with E-state index in [-0.39, 0.29) is 12.3 Å². The fourth-order valence-corrected chi connectivity index (χ4v) is 2.01. The minimum absolute atomic E-state index is 0.160. The Morgan fingerprint density at radius 3 is 2.46 bits per heavy atom. The number of nitrogens with zero attached hydrogens (tertiary/aromatic N) is 1. The summed E-state index contributed by atoms with van der Waals surface area (Å²) < 4.78 is 4.94. The third-order valence-electron chi connectivity index (χ3n) is 3.50. The van der Waals surface area contributed by atoms with Crippen molar-refractivity contribution in [3.8, 4) is 0 Å². The molecule has 6 nitrogen and oxygen atoms in total. The predicted molar refractivity (Wildman–Crippen MR) is 91.9 cm³/mol. The van der Waals surface area contributed by atoms with Gasteiger partial charge in [0.1, 0.15) is 0 Å². The normalized spacial score (nSPS) is 11.4. The summed E-state index contributed by atoms with van der Waals surface area (Å²) in [6.45, 7) is 5.90. The Bertz CT molecular complexity index is 716. The average molecular weight is 327 g/mol. The molecular formula is C18H21N3O3. The molecule has 1 aromatic carbocycles. The van der Waals surface area contributed by atoms with Crippen molar-refractivity contribution >= 4 is 17.5 Å². The summed E-state index contributed by atoms with van der Waals surface area (Å²) in [5.74, 6) is -0.227. The number of rotatable bonds is 6. The highest BCUT2D eigenvalue weighted by Gasteiger charge is 2.10. The van der Waals surface area contributed by atoms with Crippen molar-refractivity contribution in [3.63, 3.8) is 0 Å². The molecule has 0 aliphatic rings. The number of carbonyl (C=O) groups excluding carboxylic acids is 2. The van der Waals surface area contributed by atoms with E-state index in [0.717, 1.165) is 5.56 Å². The number of carbonyl (C=O) groups is 2. The summed E-state index contributed by atoms with van der Waals surface area (Å²) >= 11 is 0. The van der Waals surface area contributed by atoms with Crippen LogP contribution in [0.15, 0.2) is 52.2 Å². The zero-order valence-electron chi connectivity index (χ0n) is 14.0. The summed E-state index contributed by atoms with van der Waals surface area (Å²) in [6, 6.07) is 11.2. The monoisotopic (exact) mass is 327 g/mol. The van der Waals surface area contributed by atoms with Crippen LogP contribution >= 0.6 is 0 Å². The fourth-order valence-electron chi connectivity index (χ4n) is 2.01. The van der Waals surface area contributed by atoms with Crippen molar-refractivity contribution in [1.29, 1.82) is 0 Å². The quantitative estimate of drug-likeness (QED) is 0.632. The molecule has 0 unspecified atom stereocenters. The van der Waals surface area contributed by atoms with Crippen LogP contribution in [-0.4, -0.2) is 24.1 Å². The lowest BCUT2D eigenvalue weighted by Gasteiger charge is -2.07. The molecule has 0 saturated heterocycles. The molecule has 0 aliphatic heterocycles. The molecule has 6 heteroatoms. The Morgan fingerprint density at radius 1 is 1.17 bits per heavy atom. The number of nitrogens with one attached hydrogen (secondary N) is 2. The summed E-state index contributed by atoms with van der Waals surface area (Å²) in [7, 11) is 0. The van der Waals surface area contributed by atoms with Crippen LogP contribution in [0.2, 0.25) is 0 Å². The number of amides is 2. The summed E-state index contributed by atoms with van der Waals surface area (Å²) in [4.78, 5) is 23.4. The maximum absolute atomic E-state index is 11.7. The topological polar surface area (TPSA) is 83.7 Å². The molecule has 0 saturated carbocycles. The number of benzene rings is 1. The van der Waals surface area contributed by atoms with Crippen LogP contribution in [0.4, 0.5) is 0 Å². The highest BCUT2D eigenvalue weighted by molar-refractivity contribution is 5.99. The minimum atomic E-state index is -0.444. The van der Waals surface area contributed by atoms with E-state index >= 15 is 0 Å². The molecule has 24 heavy (non-hydrogen) atoms. The van der Waals surface area contributed by atoms with Crippen LogP contribution in [-0.2, 0) is 4.79 Å². The van der Waals surface area contributed by atoms with Crippen molar-refractivity contribution in [2.24, 2.45) is 5.10 Å². The number of hydrogen-bond donors (Lipinski definition) is 2. The van der Waals surface area contributed by atoms with Crippen molar-refractivity contribution in [3.05, 3.63) is 59.5 Å². The molecule has 1 aromatic heterocycles. The molecule has 2 N–H and O–H groups in total. The number of furan rings is 1. The Balaban J connectivity index is 1.85. The van der Waals surface area contributed by atoms with Gasteiger partial charge in [-0.25, -0.2) is 5.43 Å². The lowest BCUT2D eigenvalue weighted by Crippen LogP contribution is -2.35. The summed E-state index contributed by atoms with van der Waals surface area (Å²) in [6.07, 6.45) is 1.40. The van der Waals surface area contributed by atoms with Gasteiger partial charge in [0.25, 0.3) is 11.8 Å². The SMILES string of the molecule is C/C(=N/NC(=O)CNC(=O)c1ccco1)c1ccc(C(C)C)cc1. The largest absolute Gasteiger partial charge is 0.459 e. The molecule has 0 bridgehead atoms. The zero-order valence-corrected chi connectivity index (χ0v) is 14.0. The van der Waals surface area contributed by atoms with E-state index in [1.54, 1.807) is 6.07 Å². The Hall–Kier alpha value is -2.89. The van der Waals surface area contributed by atoms with Gasteiger partial charge in [0.05, 0.1) is 18.5 Å². The van der Waals surface area contributed by atoms with Crippen molar-refractivity contribution in [2.75, 3.05) is 6.54 Å². The van der Waals surface area contributed by atoms with Gasteiger partial charge in [-0.2, -0.15) is 5.10 Å². The van der Waals surface area contributed by atoms with Crippen LogP contribution < -0.4 is 10.7 Å². The van der Waals surface area contributed by atoms with Gasteiger partial charge in [-0.15, -0.1) is 0 Å². The first-order chi connectivity index (χ1) is 11.5. The van der Waals surface area contributed by atoms with E-state index in [1.807, 2.05) is 31.2 Å². The molecular weight excluding hydrogens is 306 g/mol. The van der Waals surface area contributed by atoms with Crippen molar-refractivity contribution < 1.29 is 14.0 Å². The summed E-state index contributed by atoms with van der Waals surface area (Å²) in [5, 5.41) is 6.51. The highest BCUT2D eigenvalue weighted by atomic mass is 16.3. The van der Waals surface area contributed by atoms with Gasteiger partial charge in [0, 0.05) is 0 Å². The fraction of sp³-hybridized carbons (Fsp3) is 0.278. The van der Waals surface area contributed by atoms with Gasteiger partial charge in [-0.1, -0.05) is 38.1 Å². The predicted octanol–water partition coefficient (Wildman–Crippen LogP) is 2.67. The average Bonchev–Trinajstić information content (AvgIpc) is 3.12. The third kappa shape index (κ3) is 4.81. The first-order valence-corrected chi connectivity index (χ1v) is 7.72. The molecule has 0 spiro atoms. The molecule has 2 rings (SSSR count). The molecule has 0 aliphatic carbocycles. The van der Waals surface area contributed by atoms with E-state index in [4.69, 9.17) is 4.42 Å². The van der Waals surface area contributed by atoms with E-state index in [0.29, 0.717) is 11.6 Å². The third-order valence-corrected chi connectivity index (χ3v) is 3.50. The Kier molecular flexibility index (Phi) is 5.89. The van der Waals surface area contributed by atoms with Gasteiger partial charge < -0.3 is 9.73 Å². The van der Waals surface area contributed by atoms with Crippen LogP contribution in [0, 0.1) is 0 Å². The Morgan fingerprint density at radius 2 is 1.88 bits per heavy atom. The van der Waals surface area contributed by atoms with Gasteiger partial charge >= 0.3 is 0 Å². The zero-order chi connectivity index (χ0) is 17.5. The summed E-state index contributed by atoms with van der Waals surface area (Å²) in [5.41, 5.74) is 5.29. The van der Waals surface area contributed by atoms with Crippen LogP contribution in [0.1, 0.15) is 48.4 Å². The van der Waals surface area contributed by atoms with Crippen molar-refractivity contribution in [2.45, 2.75) is 26.7 Å². The number of hydrazone groups is 1. The first kappa shape index (κ1) is 17.5. The second kappa shape index (κ2) is 8.10. The molecule has 2 amide bonds. The van der Waals surface area contributed by atoms with E-state index in [1.165, 1.54) is 17.9 Å². The smallest absolute Gasteiger partial charge is 0.287 e. The maximum atomic E-state index is 11.7. The standard InChI is InChI=1S/C18H21N3O3/c1-12(2)14-6-8-15(9-7-14)13(3)20-21-17(22)11-19-18(23)16-5-4-10-24-16/h4-10,12H,11H2,1-3H3,(H,19,23)(H,21,22)/b20-13-. The molecule has 0 atom stereocenters. The van der Waals surface area contributed by atoms with Crippen LogP contribution in [0.25, 0.3) is 0 Å². The lowest BCUT2D eigenvalue weighted by atomic mass is 10.0. The second-order valence-electron chi connectivity index (χ2n) is 5.67.